The van der Waals surface area contributed by atoms with Gasteiger partial charge >= 0.3 is 0 Å². The molecule has 3 amide bonds. The Kier molecular flexibility index (Phi) is 3.03. The number of nitrogens with one attached hydrogen (secondary N) is 1. The number of rotatable bonds is 3. The Morgan fingerprint density at radius 3 is 2.24 bits per heavy atom. The molecule has 7 nitrogen and oxygen atoms in total. The highest BCUT2D eigenvalue weighted by Crippen LogP contribution is 2.28. The summed E-state index contributed by atoms with van der Waals surface area (Å²) in [6.45, 7) is 3.33. The zero-order valence-corrected chi connectivity index (χ0v) is 11.6. The maximum atomic E-state index is 12.1. The number of hydrogen-bond acceptors (Lipinski definition) is 5. The lowest BCUT2D eigenvalue weighted by Crippen LogP contribution is -2.38. The quantitative estimate of drug-likeness (QED) is 0.827. The fraction of sp³-hybridized carbons (Fsp3) is 0.357. The maximum Gasteiger partial charge on any atom is 0.285 e. The third-order valence-corrected chi connectivity index (χ3v) is 3.70. The molecule has 0 saturated carbocycles. The standard InChI is InChI=1S/C14H14N2O5/c1-14(2)10(11(17)15-21-14)7-20-16-12(18)8-5-3-4-6-9(8)13(16)19/h3-6,10H,7H2,1-2H3,(H,15,17). The number of fused-ring (bicyclic) bond motifs is 1. The van der Waals surface area contributed by atoms with Crippen molar-refractivity contribution in [1.82, 2.24) is 10.5 Å². The lowest BCUT2D eigenvalue weighted by molar-refractivity contribution is -0.135. The Hall–Kier alpha value is -2.25. The topological polar surface area (TPSA) is 84.9 Å². The molecule has 1 aromatic carbocycles. The van der Waals surface area contributed by atoms with Gasteiger partial charge in [-0.05, 0) is 26.0 Å². The van der Waals surface area contributed by atoms with Gasteiger partial charge in [-0.25, -0.2) is 5.48 Å². The second-order valence-electron chi connectivity index (χ2n) is 5.47. The summed E-state index contributed by atoms with van der Waals surface area (Å²) in [6.07, 6.45) is 0. The highest BCUT2D eigenvalue weighted by atomic mass is 16.7. The molecular formula is C14H14N2O5. The second-order valence-corrected chi connectivity index (χ2v) is 5.47. The first-order valence-corrected chi connectivity index (χ1v) is 6.50. The summed E-state index contributed by atoms with van der Waals surface area (Å²) in [4.78, 5) is 46.3. The van der Waals surface area contributed by atoms with E-state index in [2.05, 4.69) is 5.48 Å². The molecule has 7 heteroatoms. The number of imide groups is 1. The Morgan fingerprint density at radius 1 is 1.19 bits per heavy atom. The van der Waals surface area contributed by atoms with E-state index in [1.807, 2.05) is 0 Å². The molecule has 3 rings (SSSR count). The minimum atomic E-state index is -0.768. The summed E-state index contributed by atoms with van der Waals surface area (Å²) in [5, 5.41) is 0.701. The van der Waals surface area contributed by atoms with Crippen molar-refractivity contribution in [1.29, 1.82) is 0 Å². The van der Waals surface area contributed by atoms with E-state index >= 15 is 0 Å². The van der Waals surface area contributed by atoms with E-state index in [4.69, 9.17) is 9.68 Å². The molecule has 1 unspecified atom stereocenters. The van der Waals surface area contributed by atoms with Crippen LogP contribution in [0.4, 0.5) is 0 Å². The highest BCUT2D eigenvalue weighted by Gasteiger charge is 2.45. The van der Waals surface area contributed by atoms with Crippen LogP contribution in [0.25, 0.3) is 0 Å². The van der Waals surface area contributed by atoms with Crippen molar-refractivity contribution in [2.75, 3.05) is 6.61 Å². The molecule has 21 heavy (non-hydrogen) atoms. The smallest absolute Gasteiger partial charge is 0.272 e. The van der Waals surface area contributed by atoms with Crippen LogP contribution in [0.3, 0.4) is 0 Å². The molecule has 110 valence electrons. The Morgan fingerprint density at radius 2 is 1.76 bits per heavy atom. The van der Waals surface area contributed by atoms with Crippen molar-refractivity contribution in [3.8, 4) is 0 Å². The van der Waals surface area contributed by atoms with E-state index in [1.54, 1.807) is 38.1 Å². The van der Waals surface area contributed by atoms with Gasteiger partial charge in [0.05, 0.1) is 23.7 Å². The summed E-state index contributed by atoms with van der Waals surface area (Å²) >= 11 is 0. The minimum Gasteiger partial charge on any atom is -0.272 e. The average molecular weight is 290 g/mol. The summed E-state index contributed by atoms with van der Waals surface area (Å²) in [7, 11) is 0. The first-order valence-electron chi connectivity index (χ1n) is 6.50. The predicted molar refractivity (Wildman–Crippen MR) is 69.7 cm³/mol. The molecule has 0 radical (unpaired) electrons. The van der Waals surface area contributed by atoms with Crippen molar-refractivity contribution >= 4 is 17.7 Å². The number of carbonyl (C=O) groups excluding carboxylic acids is 3. The third-order valence-electron chi connectivity index (χ3n) is 3.70. The zero-order chi connectivity index (χ0) is 15.2. The largest absolute Gasteiger partial charge is 0.285 e. The molecule has 1 N–H and O–H groups in total. The summed E-state index contributed by atoms with van der Waals surface area (Å²) in [5.41, 5.74) is 2.10. The molecule has 2 heterocycles. The first kappa shape index (κ1) is 13.7. The molecule has 1 atom stereocenters. The van der Waals surface area contributed by atoms with Crippen LogP contribution in [-0.2, 0) is 14.5 Å². The van der Waals surface area contributed by atoms with Gasteiger partial charge in [0.25, 0.3) is 17.7 Å². The number of carbonyl (C=O) groups is 3. The van der Waals surface area contributed by atoms with Gasteiger partial charge in [-0.2, -0.15) is 0 Å². The van der Waals surface area contributed by atoms with Crippen LogP contribution >= 0.6 is 0 Å². The van der Waals surface area contributed by atoms with Crippen LogP contribution in [0.2, 0.25) is 0 Å². The summed E-state index contributed by atoms with van der Waals surface area (Å²) in [6, 6.07) is 6.48. The second kappa shape index (κ2) is 4.64. The lowest BCUT2D eigenvalue weighted by atomic mass is 9.92. The Bertz CT molecular complexity index is 605. The van der Waals surface area contributed by atoms with Crippen molar-refractivity contribution in [3.63, 3.8) is 0 Å². The molecular weight excluding hydrogens is 276 g/mol. The van der Waals surface area contributed by atoms with Crippen LogP contribution in [0.1, 0.15) is 34.6 Å². The molecule has 1 fully saturated rings. The van der Waals surface area contributed by atoms with Crippen molar-refractivity contribution in [2.24, 2.45) is 5.92 Å². The molecule has 0 aromatic heterocycles. The van der Waals surface area contributed by atoms with Gasteiger partial charge in [0, 0.05) is 0 Å². The van der Waals surface area contributed by atoms with E-state index in [-0.39, 0.29) is 12.5 Å². The Labute approximate surface area is 120 Å². The molecule has 1 saturated heterocycles. The number of amides is 3. The fourth-order valence-corrected chi connectivity index (χ4v) is 2.35. The van der Waals surface area contributed by atoms with Gasteiger partial charge < -0.3 is 0 Å². The molecule has 2 aliphatic heterocycles. The molecule has 0 bridgehead atoms. The van der Waals surface area contributed by atoms with Gasteiger partial charge in [0.2, 0.25) is 0 Å². The van der Waals surface area contributed by atoms with Crippen LogP contribution in [0.5, 0.6) is 0 Å². The van der Waals surface area contributed by atoms with Crippen LogP contribution in [0, 0.1) is 5.92 Å². The lowest BCUT2D eigenvalue weighted by Gasteiger charge is -2.23. The van der Waals surface area contributed by atoms with Gasteiger partial charge in [0.1, 0.15) is 5.60 Å². The molecule has 0 spiro atoms. The van der Waals surface area contributed by atoms with Crippen LogP contribution in [0.15, 0.2) is 24.3 Å². The van der Waals surface area contributed by atoms with E-state index in [0.29, 0.717) is 16.2 Å². The van der Waals surface area contributed by atoms with Crippen LogP contribution < -0.4 is 5.48 Å². The van der Waals surface area contributed by atoms with Crippen molar-refractivity contribution < 1.29 is 24.1 Å². The average Bonchev–Trinajstić information content (AvgIpc) is 2.85. The normalized spacial score (nSPS) is 23.4. The van der Waals surface area contributed by atoms with E-state index in [9.17, 15) is 14.4 Å². The third kappa shape index (κ3) is 2.10. The number of hydrogen-bond donors (Lipinski definition) is 1. The highest BCUT2D eigenvalue weighted by molar-refractivity contribution is 6.20. The maximum absolute atomic E-state index is 12.1. The van der Waals surface area contributed by atoms with Gasteiger partial charge in [0.15, 0.2) is 0 Å². The molecule has 2 aliphatic rings. The van der Waals surface area contributed by atoms with Crippen molar-refractivity contribution in [2.45, 2.75) is 19.4 Å². The zero-order valence-electron chi connectivity index (χ0n) is 11.6. The predicted octanol–water partition coefficient (Wildman–Crippen LogP) is 0.670. The van der Waals surface area contributed by atoms with Crippen LogP contribution in [-0.4, -0.2) is 35.0 Å². The number of hydroxylamine groups is 3. The summed E-state index contributed by atoms with van der Waals surface area (Å²) in [5.74, 6) is -1.99. The van der Waals surface area contributed by atoms with E-state index in [1.165, 1.54) is 0 Å². The number of benzene rings is 1. The summed E-state index contributed by atoms with van der Waals surface area (Å²) < 4.78 is 0. The SMILES string of the molecule is CC1(C)ONC(=O)C1CON1C(=O)c2ccccc2C1=O. The van der Waals surface area contributed by atoms with E-state index < -0.39 is 23.3 Å². The first-order chi connectivity index (χ1) is 9.92. The van der Waals surface area contributed by atoms with E-state index in [0.717, 1.165) is 0 Å². The minimum absolute atomic E-state index is 0.121. The molecule has 0 aliphatic carbocycles. The Balaban J connectivity index is 1.74. The van der Waals surface area contributed by atoms with Crippen molar-refractivity contribution in [3.05, 3.63) is 35.4 Å². The molecule has 1 aromatic rings. The van der Waals surface area contributed by atoms with Gasteiger partial charge in [-0.15, -0.1) is 5.06 Å². The fourth-order valence-electron chi connectivity index (χ4n) is 2.35. The monoisotopic (exact) mass is 290 g/mol. The van der Waals surface area contributed by atoms with Gasteiger partial charge in [-0.1, -0.05) is 12.1 Å². The van der Waals surface area contributed by atoms with Gasteiger partial charge in [-0.3, -0.25) is 24.1 Å². The number of nitrogens with zero attached hydrogens (tertiary/aromatic N) is 1.